The van der Waals surface area contributed by atoms with Gasteiger partial charge >= 0.3 is 6.18 Å². The molecule has 0 spiro atoms. The van der Waals surface area contributed by atoms with Crippen molar-refractivity contribution in [2.24, 2.45) is 0 Å². The molecule has 0 aliphatic carbocycles. The molecule has 1 aromatic carbocycles. The van der Waals surface area contributed by atoms with Crippen LogP contribution in [0.3, 0.4) is 0 Å². The van der Waals surface area contributed by atoms with E-state index in [2.05, 4.69) is 0 Å². The molecule has 1 rings (SSSR count). The molecule has 72 valence electrons. The topological polar surface area (TPSA) is 12.0 Å². The molecule has 0 atom stereocenters. The first-order valence-corrected chi connectivity index (χ1v) is 3.56. The number of alkyl halides is 3. The summed E-state index contributed by atoms with van der Waals surface area (Å²) in [6.45, 7) is 0. The Kier molecular flexibility index (Phi) is 2.66. The van der Waals surface area contributed by atoms with Gasteiger partial charge in [-0.1, -0.05) is 0 Å². The highest BCUT2D eigenvalue weighted by Crippen LogP contribution is 2.32. The number of anilines is 1. The third-order valence-corrected chi connectivity index (χ3v) is 1.60. The molecule has 0 heterocycles. The molecule has 13 heavy (non-hydrogen) atoms. The molecule has 1 N–H and O–H groups in total. The Bertz CT molecular complexity index is 310. The molecule has 0 radical (unpaired) electrons. The van der Waals surface area contributed by atoms with Crippen LogP contribution in [0.1, 0.15) is 5.56 Å². The first-order valence-electron chi connectivity index (χ1n) is 3.18. The van der Waals surface area contributed by atoms with E-state index in [0.717, 1.165) is 6.07 Å². The van der Waals surface area contributed by atoms with Crippen molar-refractivity contribution in [3.05, 3.63) is 29.6 Å². The lowest BCUT2D eigenvalue weighted by Gasteiger charge is -2.08. The zero-order valence-electron chi connectivity index (χ0n) is 6.12. The highest BCUT2D eigenvalue weighted by Gasteiger charge is 2.33. The first-order chi connectivity index (χ1) is 5.95. The summed E-state index contributed by atoms with van der Waals surface area (Å²) in [5.74, 6) is -1.35. The summed E-state index contributed by atoms with van der Waals surface area (Å²) in [4.78, 5) is 2.01. The van der Waals surface area contributed by atoms with Gasteiger partial charge in [0.15, 0.2) is 0 Å². The van der Waals surface area contributed by atoms with E-state index < -0.39 is 17.6 Å². The zero-order chi connectivity index (χ0) is 10.1. The highest BCUT2D eigenvalue weighted by molar-refractivity contribution is 6.23. The smallest absolute Gasteiger partial charge is 0.298 e. The Balaban J connectivity index is 3.13. The van der Waals surface area contributed by atoms with Crippen LogP contribution in [0.25, 0.3) is 0 Å². The number of hydrogen-bond donors (Lipinski definition) is 1. The van der Waals surface area contributed by atoms with Crippen molar-refractivity contribution in [1.82, 2.24) is 0 Å². The molecular weight excluding hydrogens is 210 g/mol. The van der Waals surface area contributed by atoms with Gasteiger partial charge < -0.3 is 0 Å². The molecular formula is C7H4ClF4N. The van der Waals surface area contributed by atoms with Crippen LogP contribution in [-0.2, 0) is 6.18 Å². The number of hydrogen-bond acceptors (Lipinski definition) is 1. The van der Waals surface area contributed by atoms with Gasteiger partial charge in [-0.3, -0.25) is 4.84 Å². The molecule has 0 saturated carbocycles. The lowest BCUT2D eigenvalue weighted by atomic mass is 10.2. The minimum atomic E-state index is -4.67. The van der Waals surface area contributed by atoms with Crippen LogP contribution in [0, 0.1) is 5.82 Å². The third kappa shape index (κ3) is 2.24. The molecule has 6 heteroatoms. The maximum atomic E-state index is 12.7. The van der Waals surface area contributed by atoms with Gasteiger partial charge in [-0.25, -0.2) is 4.39 Å². The summed E-state index contributed by atoms with van der Waals surface area (Å²) in [5.41, 5.74) is -1.23. The van der Waals surface area contributed by atoms with Crippen molar-refractivity contribution in [1.29, 1.82) is 0 Å². The Hall–Kier alpha value is -0.970. The van der Waals surface area contributed by atoms with E-state index in [-0.39, 0.29) is 5.69 Å². The van der Waals surface area contributed by atoms with E-state index in [0.29, 0.717) is 12.1 Å². The summed E-state index contributed by atoms with van der Waals surface area (Å²) in [6.07, 6.45) is -4.67. The maximum Gasteiger partial charge on any atom is 0.419 e. The Morgan fingerprint density at radius 3 is 2.23 bits per heavy atom. The Morgan fingerprint density at radius 1 is 1.23 bits per heavy atom. The van der Waals surface area contributed by atoms with E-state index in [4.69, 9.17) is 11.8 Å². The second-order valence-electron chi connectivity index (χ2n) is 2.29. The molecule has 1 aromatic rings. The summed E-state index contributed by atoms with van der Waals surface area (Å²) < 4.78 is 48.7. The van der Waals surface area contributed by atoms with Gasteiger partial charge in [-0.15, -0.1) is 0 Å². The van der Waals surface area contributed by atoms with Gasteiger partial charge in [0.1, 0.15) is 5.82 Å². The van der Waals surface area contributed by atoms with Gasteiger partial charge in [-0.05, 0) is 18.2 Å². The second-order valence-corrected chi connectivity index (χ2v) is 2.48. The molecule has 0 fully saturated rings. The van der Waals surface area contributed by atoms with Crippen LogP contribution < -0.4 is 4.84 Å². The fraction of sp³-hybridized carbons (Fsp3) is 0.143. The summed E-state index contributed by atoms with van der Waals surface area (Å²) >= 11 is 5.07. The fourth-order valence-electron chi connectivity index (χ4n) is 0.804. The van der Waals surface area contributed by atoms with Crippen LogP contribution in [0.2, 0.25) is 0 Å². The molecule has 1 nitrogen and oxygen atoms in total. The molecule has 0 aliphatic rings. The average molecular weight is 214 g/mol. The van der Waals surface area contributed by atoms with E-state index in [9.17, 15) is 17.6 Å². The van der Waals surface area contributed by atoms with Crippen molar-refractivity contribution in [3.63, 3.8) is 0 Å². The normalized spacial score (nSPS) is 11.5. The number of benzene rings is 1. The lowest BCUT2D eigenvalue weighted by molar-refractivity contribution is -0.139. The summed E-state index contributed by atoms with van der Waals surface area (Å²) in [7, 11) is 0. The number of halogens is 5. The monoisotopic (exact) mass is 213 g/mol. The largest absolute Gasteiger partial charge is 0.419 e. The molecule has 0 amide bonds. The van der Waals surface area contributed by atoms with E-state index in [1.54, 1.807) is 0 Å². The van der Waals surface area contributed by atoms with Gasteiger partial charge in [0.25, 0.3) is 0 Å². The maximum absolute atomic E-state index is 12.7. The van der Waals surface area contributed by atoms with Crippen molar-refractivity contribution in [2.75, 3.05) is 4.84 Å². The fourth-order valence-corrected chi connectivity index (χ4v) is 0.921. The predicted octanol–water partition coefficient (Wildman–Crippen LogP) is 3.41. The van der Waals surface area contributed by atoms with Crippen LogP contribution in [0.5, 0.6) is 0 Å². The van der Waals surface area contributed by atoms with Crippen molar-refractivity contribution < 1.29 is 17.6 Å². The number of nitrogens with one attached hydrogen (secondary N) is 1. The molecule has 0 unspecified atom stereocenters. The third-order valence-electron chi connectivity index (χ3n) is 1.38. The van der Waals surface area contributed by atoms with Gasteiger partial charge in [0.2, 0.25) is 0 Å². The Labute approximate surface area is 76.4 Å². The minimum absolute atomic E-state index is 0.0761. The summed E-state index contributed by atoms with van der Waals surface area (Å²) in [6, 6.07) is 2.34. The van der Waals surface area contributed by atoms with Crippen molar-refractivity contribution in [3.8, 4) is 0 Å². The molecule has 0 bridgehead atoms. The average Bonchev–Trinajstić information content (AvgIpc) is 2.01. The van der Waals surface area contributed by atoms with E-state index in [1.165, 1.54) is 0 Å². The van der Waals surface area contributed by atoms with Gasteiger partial charge in [0, 0.05) is 11.8 Å². The van der Waals surface area contributed by atoms with Crippen LogP contribution in [-0.4, -0.2) is 0 Å². The predicted molar refractivity (Wildman–Crippen MR) is 40.9 cm³/mol. The second kappa shape index (κ2) is 3.41. The minimum Gasteiger partial charge on any atom is -0.298 e. The Morgan fingerprint density at radius 2 is 1.85 bits per heavy atom. The first kappa shape index (κ1) is 10.1. The quantitative estimate of drug-likeness (QED) is 0.557. The molecule has 0 aliphatic heterocycles. The molecule has 0 aromatic heterocycles. The standard InChI is InChI=1S/C7H4ClF4N/c8-13-4-1-2-5(6(9)3-4)7(10,11)12/h1-3,13H. The van der Waals surface area contributed by atoms with Gasteiger partial charge in [-0.2, -0.15) is 13.2 Å². The summed E-state index contributed by atoms with van der Waals surface area (Å²) in [5, 5.41) is 0. The van der Waals surface area contributed by atoms with Crippen LogP contribution >= 0.6 is 11.8 Å². The van der Waals surface area contributed by atoms with E-state index >= 15 is 0 Å². The van der Waals surface area contributed by atoms with Crippen molar-refractivity contribution in [2.45, 2.75) is 6.18 Å². The van der Waals surface area contributed by atoms with E-state index in [1.807, 2.05) is 4.84 Å². The van der Waals surface area contributed by atoms with Gasteiger partial charge in [0.05, 0.1) is 11.3 Å². The van der Waals surface area contributed by atoms with Crippen LogP contribution in [0.15, 0.2) is 18.2 Å². The zero-order valence-corrected chi connectivity index (χ0v) is 6.88. The number of rotatable bonds is 1. The van der Waals surface area contributed by atoms with Crippen molar-refractivity contribution >= 4 is 17.5 Å². The SMILES string of the molecule is Fc1cc(NCl)ccc1C(F)(F)F. The lowest BCUT2D eigenvalue weighted by Crippen LogP contribution is -2.07. The highest BCUT2D eigenvalue weighted by atomic mass is 35.5. The molecule has 0 saturated heterocycles. The van der Waals surface area contributed by atoms with Crippen LogP contribution in [0.4, 0.5) is 23.2 Å².